The number of unbranched alkanes of at least 4 members (excludes halogenated alkanes) is 1. The van der Waals surface area contributed by atoms with E-state index in [-0.39, 0.29) is 0 Å². The molecule has 0 fully saturated rings. The Bertz CT molecular complexity index is 497. The van der Waals surface area contributed by atoms with Crippen LogP contribution < -0.4 is 10.5 Å². The zero-order valence-electron chi connectivity index (χ0n) is 10.1. The second kappa shape index (κ2) is 5.64. The molecule has 0 atom stereocenters. The second-order valence-electron chi connectivity index (χ2n) is 4.15. The van der Waals surface area contributed by atoms with Crippen molar-refractivity contribution in [3.8, 4) is 5.75 Å². The summed E-state index contributed by atoms with van der Waals surface area (Å²) in [5.41, 5.74) is 7.48. The lowest BCUT2D eigenvalue weighted by Crippen LogP contribution is -2.03. The Balaban J connectivity index is 2.07. The van der Waals surface area contributed by atoms with Crippen molar-refractivity contribution in [1.82, 2.24) is 4.98 Å². The normalized spacial score (nSPS) is 10.7. The second-order valence-corrected chi connectivity index (χ2v) is 4.15. The van der Waals surface area contributed by atoms with E-state index in [2.05, 4.69) is 11.1 Å². The van der Waals surface area contributed by atoms with Gasteiger partial charge < -0.3 is 10.5 Å². The number of aryl methyl sites for hydroxylation is 1. The lowest BCUT2D eigenvalue weighted by atomic mass is 10.2. The van der Waals surface area contributed by atoms with Crippen LogP contribution in [0.1, 0.15) is 18.5 Å². The topological polar surface area (TPSA) is 48.1 Å². The molecule has 0 radical (unpaired) electrons. The Hall–Kier alpha value is -1.61. The van der Waals surface area contributed by atoms with Crippen molar-refractivity contribution in [2.24, 2.45) is 5.73 Å². The predicted octanol–water partition coefficient (Wildman–Crippen LogP) is 2.66. The molecule has 0 amide bonds. The van der Waals surface area contributed by atoms with E-state index in [4.69, 9.17) is 10.5 Å². The van der Waals surface area contributed by atoms with Gasteiger partial charge in [-0.05, 0) is 50.6 Å². The smallest absolute Gasteiger partial charge is 0.120 e. The molecule has 3 nitrogen and oxygen atoms in total. The maximum absolute atomic E-state index is 5.66. The first-order chi connectivity index (χ1) is 8.29. The van der Waals surface area contributed by atoms with Crippen LogP contribution in [-0.4, -0.2) is 18.1 Å². The first-order valence-corrected chi connectivity index (χ1v) is 6.00. The number of pyridine rings is 1. The van der Waals surface area contributed by atoms with Crippen molar-refractivity contribution in [3.05, 3.63) is 36.0 Å². The molecule has 0 bridgehead atoms. The standard InChI is InChI=1S/C14H18N2O/c1-11-4-5-12-10-13(6-7-14(12)16-11)17-9-3-2-8-15/h4-7,10H,2-3,8-9,15H2,1H3. The lowest BCUT2D eigenvalue weighted by Gasteiger charge is -2.06. The van der Waals surface area contributed by atoms with Gasteiger partial charge in [-0.25, -0.2) is 0 Å². The van der Waals surface area contributed by atoms with Gasteiger partial charge in [0.2, 0.25) is 0 Å². The minimum Gasteiger partial charge on any atom is -0.494 e. The Labute approximate surface area is 102 Å². The third kappa shape index (κ3) is 3.17. The maximum Gasteiger partial charge on any atom is 0.120 e. The summed E-state index contributed by atoms with van der Waals surface area (Å²) in [6.07, 6.45) is 2.01. The largest absolute Gasteiger partial charge is 0.494 e. The van der Waals surface area contributed by atoms with E-state index in [0.29, 0.717) is 0 Å². The van der Waals surface area contributed by atoms with Gasteiger partial charge in [0.05, 0.1) is 12.1 Å². The van der Waals surface area contributed by atoms with Crippen LogP contribution in [0.2, 0.25) is 0 Å². The van der Waals surface area contributed by atoms with Gasteiger partial charge in [0.15, 0.2) is 0 Å². The summed E-state index contributed by atoms with van der Waals surface area (Å²) in [4.78, 5) is 4.45. The first-order valence-electron chi connectivity index (χ1n) is 6.00. The SMILES string of the molecule is Cc1ccc2cc(OCCCCN)ccc2n1. The average molecular weight is 230 g/mol. The molecule has 90 valence electrons. The number of ether oxygens (including phenoxy) is 1. The summed E-state index contributed by atoms with van der Waals surface area (Å²) in [7, 11) is 0. The molecular weight excluding hydrogens is 212 g/mol. The van der Waals surface area contributed by atoms with E-state index in [1.165, 1.54) is 0 Å². The monoisotopic (exact) mass is 230 g/mol. The Morgan fingerprint density at radius 2 is 2.06 bits per heavy atom. The number of fused-ring (bicyclic) bond motifs is 1. The molecule has 1 aromatic heterocycles. The minimum atomic E-state index is 0.724. The predicted molar refractivity (Wildman–Crippen MR) is 70.3 cm³/mol. The molecule has 0 aliphatic rings. The van der Waals surface area contributed by atoms with Gasteiger partial charge in [0, 0.05) is 11.1 Å². The molecule has 0 spiro atoms. The number of rotatable bonds is 5. The summed E-state index contributed by atoms with van der Waals surface area (Å²) in [6, 6.07) is 10.1. The van der Waals surface area contributed by atoms with Gasteiger partial charge >= 0.3 is 0 Å². The average Bonchev–Trinajstić information content (AvgIpc) is 2.35. The number of hydrogen-bond acceptors (Lipinski definition) is 3. The number of nitrogens with two attached hydrogens (primary N) is 1. The molecule has 1 aromatic carbocycles. The van der Waals surface area contributed by atoms with Crippen LogP contribution in [0.5, 0.6) is 5.75 Å². The number of hydrogen-bond donors (Lipinski definition) is 1. The van der Waals surface area contributed by atoms with Gasteiger partial charge in [-0.1, -0.05) is 6.07 Å². The van der Waals surface area contributed by atoms with Crippen LogP contribution in [0, 0.1) is 6.92 Å². The molecule has 0 unspecified atom stereocenters. The fourth-order valence-electron chi connectivity index (χ4n) is 1.73. The van der Waals surface area contributed by atoms with Crippen molar-refractivity contribution in [2.75, 3.05) is 13.2 Å². The lowest BCUT2D eigenvalue weighted by molar-refractivity contribution is 0.308. The van der Waals surface area contributed by atoms with Gasteiger partial charge in [-0.15, -0.1) is 0 Å². The number of aromatic nitrogens is 1. The van der Waals surface area contributed by atoms with Crippen LogP contribution in [0.4, 0.5) is 0 Å². The zero-order valence-corrected chi connectivity index (χ0v) is 10.1. The summed E-state index contributed by atoms with van der Waals surface area (Å²) in [5.74, 6) is 0.903. The highest BCUT2D eigenvalue weighted by molar-refractivity contribution is 5.80. The Kier molecular flexibility index (Phi) is 3.94. The third-order valence-corrected chi connectivity index (χ3v) is 2.67. The summed E-state index contributed by atoms with van der Waals surface area (Å²) >= 11 is 0. The molecule has 0 aliphatic heterocycles. The molecule has 0 saturated carbocycles. The molecule has 1 heterocycles. The van der Waals surface area contributed by atoms with Crippen LogP contribution in [0.25, 0.3) is 10.9 Å². The van der Waals surface area contributed by atoms with Gasteiger partial charge in [0.1, 0.15) is 5.75 Å². The fourth-order valence-corrected chi connectivity index (χ4v) is 1.73. The van der Waals surface area contributed by atoms with Gasteiger partial charge in [-0.2, -0.15) is 0 Å². The molecule has 2 rings (SSSR count). The number of benzene rings is 1. The minimum absolute atomic E-state index is 0.724. The van der Waals surface area contributed by atoms with Crippen molar-refractivity contribution >= 4 is 10.9 Å². The molecular formula is C14H18N2O. The zero-order chi connectivity index (χ0) is 12.1. The van der Waals surface area contributed by atoms with E-state index in [0.717, 1.165) is 48.3 Å². The molecule has 17 heavy (non-hydrogen) atoms. The van der Waals surface area contributed by atoms with E-state index in [9.17, 15) is 0 Å². The summed E-state index contributed by atoms with van der Waals surface area (Å²) in [5, 5.41) is 1.12. The highest BCUT2D eigenvalue weighted by atomic mass is 16.5. The molecule has 0 aliphatic carbocycles. The highest BCUT2D eigenvalue weighted by Crippen LogP contribution is 2.19. The number of nitrogens with zero attached hydrogens (tertiary/aromatic N) is 1. The first kappa shape index (κ1) is 11.9. The van der Waals surface area contributed by atoms with E-state index >= 15 is 0 Å². The fraction of sp³-hybridized carbons (Fsp3) is 0.357. The maximum atomic E-state index is 5.66. The molecule has 2 N–H and O–H groups in total. The van der Waals surface area contributed by atoms with E-state index in [1.807, 2.05) is 31.2 Å². The van der Waals surface area contributed by atoms with Crippen LogP contribution in [-0.2, 0) is 0 Å². The van der Waals surface area contributed by atoms with Crippen molar-refractivity contribution in [1.29, 1.82) is 0 Å². The van der Waals surface area contributed by atoms with Crippen LogP contribution in [0.15, 0.2) is 30.3 Å². The molecule has 2 aromatic rings. The summed E-state index contributed by atoms with van der Waals surface area (Å²) < 4.78 is 5.66. The Morgan fingerprint density at radius 1 is 1.18 bits per heavy atom. The van der Waals surface area contributed by atoms with Crippen molar-refractivity contribution in [3.63, 3.8) is 0 Å². The third-order valence-electron chi connectivity index (χ3n) is 2.67. The van der Waals surface area contributed by atoms with Gasteiger partial charge in [-0.3, -0.25) is 4.98 Å². The van der Waals surface area contributed by atoms with E-state index < -0.39 is 0 Å². The van der Waals surface area contributed by atoms with Crippen LogP contribution >= 0.6 is 0 Å². The summed E-state index contributed by atoms with van der Waals surface area (Å²) in [6.45, 7) is 3.45. The molecule has 3 heteroatoms. The van der Waals surface area contributed by atoms with Gasteiger partial charge in [0.25, 0.3) is 0 Å². The van der Waals surface area contributed by atoms with Crippen molar-refractivity contribution < 1.29 is 4.74 Å². The van der Waals surface area contributed by atoms with E-state index in [1.54, 1.807) is 0 Å². The van der Waals surface area contributed by atoms with Crippen LogP contribution in [0.3, 0.4) is 0 Å². The molecule has 0 saturated heterocycles. The quantitative estimate of drug-likeness (QED) is 0.803. The van der Waals surface area contributed by atoms with Crippen molar-refractivity contribution in [2.45, 2.75) is 19.8 Å². The Morgan fingerprint density at radius 3 is 2.88 bits per heavy atom. The highest BCUT2D eigenvalue weighted by Gasteiger charge is 1.99.